The first-order chi connectivity index (χ1) is 8.61. The second kappa shape index (κ2) is 6.01. The van der Waals surface area contributed by atoms with Crippen LogP contribution in [0.2, 0.25) is 0 Å². The summed E-state index contributed by atoms with van der Waals surface area (Å²) in [5.74, 6) is -0.399. The monoisotopic (exact) mass is 302 g/mol. The maximum atomic E-state index is 13.7. The quantitative estimate of drug-likeness (QED) is 0.874. The van der Waals surface area contributed by atoms with Gasteiger partial charge in [0.25, 0.3) is 0 Å². The van der Waals surface area contributed by atoms with Crippen LogP contribution in [-0.2, 0) is 0 Å². The fraction of sp³-hybridized carbons (Fsp3) is 0.273. The number of aliphatic hydroxyl groups is 1. The normalized spacial score (nSPS) is 12.7. The zero-order valence-electron chi connectivity index (χ0n) is 9.75. The van der Waals surface area contributed by atoms with Crippen LogP contribution < -0.4 is 0 Å². The highest BCUT2D eigenvalue weighted by Crippen LogP contribution is 2.37. The third-order valence-corrected chi connectivity index (χ3v) is 5.22. The Morgan fingerprint density at radius 2 is 2.06 bits per heavy atom. The highest BCUT2D eigenvalue weighted by molar-refractivity contribution is 8.03. The molecule has 0 aliphatic carbocycles. The van der Waals surface area contributed by atoms with Crippen molar-refractivity contribution in [2.75, 3.05) is 6.26 Å². The maximum absolute atomic E-state index is 13.7. The van der Waals surface area contributed by atoms with Crippen molar-refractivity contribution in [1.82, 2.24) is 10.2 Å². The summed E-state index contributed by atoms with van der Waals surface area (Å²) in [5.41, 5.74) is 0.309. The molecule has 0 spiro atoms. The van der Waals surface area contributed by atoms with Gasteiger partial charge in [-0.1, -0.05) is 40.9 Å². The van der Waals surface area contributed by atoms with Crippen molar-refractivity contribution in [1.29, 1.82) is 0 Å². The molecule has 0 aliphatic heterocycles. The maximum Gasteiger partial charge on any atom is 0.179 e. The van der Waals surface area contributed by atoms with E-state index >= 15 is 0 Å². The third-order valence-electron chi connectivity index (χ3n) is 2.19. The van der Waals surface area contributed by atoms with Gasteiger partial charge in [-0.25, -0.2) is 4.39 Å². The number of aromatic nitrogens is 2. The standard InChI is InChI=1S/C11H11FN2OS3/c1-6(15)9-7(12)4-3-5-8(9)17-11-14-13-10(16-2)18-11/h3-6,15H,1-2H3. The lowest BCUT2D eigenvalue weighted by molar-refractivity contribution is 0.191. The van der Waals surface area contributed by atoms with Crippen LogP contribution in [0.25, 0.3) is 0 Å². The topological polar surface area (TPSA) is 46.0 Å². The van der Waals surface area contributed by atoms with Crippen molar-refractivity contribution < 1.29 is 9.50 Å². The minimum absolute atomic E-state index is 0.309. The Kier molecular flexibility index (Phi) is 4.60. The Bertz CT molecular complexity index is 545. The average molecular weight is 302 g/mol. The van der Waals surface area contributed by atoms with E-state index < -0.39 is 11.9 Å². The number of rotatable bonds is 4. The van der Waals surface area contributed by atoms with Crippen LogP contribution >= 0.6 is 34.9 Å². The van der Waals surface area contributed by atoms with Crippen LogP contribution in [0.15, 0.2) is 31.8 Å². The van der Waals surface area contributed by atoms with Crippen LogP contribution in [0.1, 0.15) is 18.6 Å². The van der Waals surface area contributed by atoms with Gasteiger partial charge in [0.2, 0.25) is 0 Å². The molecular formula is C11H11FN2OS3. The van der Waals surface area contributed by atoms with E-state index in [1.807, 2.05) is 6.26 Å². The summed E-state index contributed by atoms with van der Waals surface area (Å²) in [6, 6.07) is 4.75. The van der Waals surface area contributed by atoms with Crippen molar-refractivity contribution in [2.24, 2.45) is 0 Å². The van der Waals surface area contributed by atoms with Crippen molar-refractivity contribution in [2.45, 2.75) is 26.6 Å². The molecule has 2 aromatic rings. The summed E-state index contributed by atoms with van der Waals surface area (Å²) in [5, 5.41) is 17.6. The third kappa shape index (κ3) is 3.03. The van der Waals surface area contributed by atoms with E-state index in [0.717, 1.165) is 8.68 Å². The Balaban J connectivity index is 2.31. The first kappa shape index (κ1) is 13.8. The van der Waals surface area contributed by atoms with E-state index in [4.69, 9.17) is 0 Å². The number of hydrogen-bond acceptors (Lipinski definition) is 6. The van der Waals surface area contributed by atoms with Gasteiger partial charge in [0.15, 0.2) is 8.68 Å². The van der Waals surface area contributed by atoms with Crippen LogP contribution in [0.4, 0.5) is 4.39 Å². The second-order valence-electron chi connectivity index (χ2n) is 3.47. The van der Waals surface area contributed by atoms with Gasteiger partial charge >= 0.3 is 0 Å². The summed E-state index contributed by atoms with van der Waals surface area (Å²) < 4.78 is 15.3. The van der Waals surface area contributed by atoms with Gasteiger partial charge < -0.3 is 5.11 Å². The first-order valence-electron chi connectivity index (χ1n) is 5.13. The lowest BCUT2D eigenvalue weighted by Gasteiger charge is -2.10. The number of benzene rings is 1. The summed E-state index contributed by atoms with van der Waals surface area (Å²) >= 11 is 4.30. The van der Waals surface area contributed by atoms with Gasteiger partial charge in [0.1, 0.15) is 5.82 Å². The average Bonchev–Trinajstić information content (AvgIpc) is 2.76. The molecule has 7 heteroatoms. The van der Waals surface area contributed by atoms with Gasteiger partial charge in [0, 0.05) is 10.5 Å². The molecule has 1 N–H and O–H groups in total. The predicted molar refractivity (Wildman–Crippen MR) is 72.8 cm³/mol. The van der Waals surface area contributed by atoms with E-state index in [1.165, 1.54) is 40.9 Å². The zero-order chi connectivity index (χ0) is 13.1. The largest absolute Gasteiger partial charge is 0.389 e. The van der Waals surface area contributed by atoms with Crippen molar-refractivity contribution in [3.8, 4) is 0 Å². The molecule has 1 aromatic heterocycles. The number of aliphatic hydroxyl groups excluding tert-OH is 1. The summed E-state index contributed by atoms with van der Waals surface area (Å²) in [7, 11) is 0. The van der Waals surface area contributed by atoms with Crippen LogP contribution in [0.3, 0.4) is 0 Å². The minimum atomic E-state index is -0.846. The van der Waals surface area contributed by atoms with E-state index in [2.05, 4.69) is 10.2 Å². The molecule has 0 saturated heterocycles. The molecular weight excluding hydrogens is 291 g/mol. The number of hydrogen-bond donors (Lipinski definition) is 1. The molecule has 0 aliphatic rings. The minimum Gasteiger partial charge on any atom is -0.389 e. The zero-order valence-corrected chi connectivity index (χ0v) is 12.2. The van der Waals surface area contributed by atoms with Crippen LogP contribution in [0.5, 0.6) is 0 Å². The molecule has 1 unspecified atom stereocenters. The van der Waals surface area contributed by atoms with Crippen molar-refractivity contribution in [3.05, 3.63) is 29.6 Å². The lowest BCUT2D eigenvalue weighted by atomic mass is 10.1. The fourth-order valence-electron chi connectivity index (χ4n) is 1.43. The lowest BCUT2D eigenvalue weighted by Crippen LogP contribution is -1.98. The molecule has 0 fully saturated rings. The van der Waals surface area contributed by atoms with Gasteiger partial charge in [-0.15, -0.1) is 10.2 Å². The molecule has 1 aromatic carbocycles. The van der Waals surface area contributed by atoms with Crippen molar-refractivity contribution >= 4 is 34.9 Å². The molecule has 96 valence electrons. The Labute approximate surface area is 117 Å². The second-order valence-corrected chi connectivity index (χ2v) is 6.79. The molecule has 1 atom stereocenters. The predicted octanol–water partition coefficient (Wildman–Crippen LogP) is 3.60. The Hall–Kier alpha value is -0.630. The molecule has 0 saturated carbocycles. The van der Waals surface area contributed by atoms with Crippen LogP contribution in [-0.4, -0.2) is 21.6 Å². The highest BCUT2D eigenvalue weighted by atomic mass is 32.2. The van der Waals surface area contributed by atoms with E-state index in [9.17, 15) is 9.50 Å². The molecule has 0 amide bonds. The van der Waals surface area contributed by atoms with Gasteiger partial charge in [-0.05, 0) is 25.3 Å². The van der Waals surface area contributed by atoms with Crippen LogP contribution in [0, 0.1) is 5.82 Å². The van der Waals surface area contributed by atoms with E-state index in [0.29, 0.717) is 10.5 Å². The molecule has 0 bridgehead atoms. The SMILES string of the molecule is CSc1nnc(Sc2cccc(F)c2C(C)O)s1. The van der Waals surface area contributed by atoms with Gasteiger partial charge in [-0.2, -0.15) is 0 Å². The molecule has 18 heavy (non-hydrogen) atoms. The molecule has 3 nitrogen and oxygen atoms in total. The first-order valence-corrected chi connectivity index (χ1v) is 7.99. The number of nitrogens with zero attached hydrogens (tertiary/aromatic N) is 2. The van der Waals surface area contributed by atoms with Gasteiger partial charge in [0.05, 0.1) is 6.10 Å². The van der Waals surface area contributed by atoms with Gasteiger partial charge in [-0.3, -0.25) is 0 Å². The summed E-state index contributed by atoms with van der Waals surface area (Å²) in [4.78, 5) is 0.675. The molecule has 1 heterocycles. The fourth-order valence-corrected chi connectivity index (χ4v) is 4.06. The Morgan fingerprint density at radius 1 is 1.33 bits per heavy atom. The van der Waals surface area contributed by atoms with E-state index in [1.54, 1.807) is 19.1 Å². The molecule has 0 radical (unpaired) electrons. The van der Waals surface area contributed by atoms with E-state index in [-0.39, 0.29) is 0 Å². The molecule has 2 rings (SSSR count). The summed E-state index contributed by atoms with van der Waals surface area (Å²) in [6.07, 6.45) is 1.08. The summed E-state index contributed by atoms with van der Waals surface area (Å²) in [6.45, 7) is 1.55. The number of halogens is 1. The Morgan fingerprint density at radius 3 is 2.67 bits per heavy atom. The van der Waals surface area contributed by atoms with Crippen molar-refractivity contribution in [3.63, 3.8) is 0 Å². The highest BCUT2D eigenvalue weighted by Gasteiger charge is 2.16. The smallest absolute Gasteiger partial charge is 0.179 e. The number of thioether (sulfide) groups is 1.